The highest BCUT2D eigenvalue weighted by Gasteiger charge is 2.26. The Balaban J connectivity index is 0.958. The van der Waals surface area contributed by atoms with Crippen LogP contribution in [-0.4, -0.2) is 64.1 Å². The van der Waals surface area contributed by atoms with Crippen molar-refractivity contribution in [2.45, 2.75) is 40.4 Å². The summed E-state index contributed by atoms with van der Waals surface area (Å²) in [4.78, 5) is -3.50. The Kier molecular flexibility index (Phi) is 14.5. The summed E-state index contributed by atoms with van der Waals surface area (Å²) < 4.78 is 142. The van der Waals surface area contributed by atoms with Gasteiger partial charge in [0.05, 0.1) is 46.1 Å². The number of hydrogen-bond donors (Lipinski definition) is 6. The van der Waals surface area contributed by atoms with Crippen LogP contribution in [0.2, 0.25) is 0 Å². The number of rotatable bonds is 15. The van der Waals surface area contributed by atoms with Gasteiger partial charge in [0.1, 0.15) is 31.8 Å². The normalized spacial score (nSPS) is 12.8. The molecule has 384 valence electrons. The standard InChI is InChI=1S/C48H39N9O14S4/c1-26-17-33(50-54-41-15-10-35(19-27(41)2)52-57-47-46(75(68,69)70)23-29-20-32(7-13-38(29)48(47)58)49-31-5-11-36(71-4)12-6-31)8-14-40(26)53-51-34-9-16-42(28(3)18-34)55-56-43-25-39-30(22-45(43)74(65,66)67)21-37(72(59,60)61)24-44(39)73(62,63)64/h5-25,49,58H,1-4H3,(H,59,60,61)(H,62,63,64)(H,65,66,67)(H,68,69,70). The van der Waals surface area contributed by atoms with Crippen LogP contribution in [-0.2, 0) is 40.5 Å². The number of nitrogens with zero attached hydrogens (tertiary/aromatic N) is 8. The van der Waals surface area contributed by atoms with Crippen molar-refractivity contribution in [3.63, 3.8) is 0 Å². The third-order valence-electron chi connectivity index (χ3n) is 11.1. The Morgan fingerprint density at radius 2 is 0.867 bits per heavy atom. The summed E-state index contributed by atoms with van der Waals surface area (Å²) in [5.74, 6) is 0.160. The second-order valence-corrected chi connectivity index (χ2v) is 22.0. The quantitative estimate of drug-likeness (QED) is 0.0410. The number of aryl methyl sites for hydroxylation is 3. The Hall–Kier alpha value is -8.28. The lowest BCUT2D eigenvalue weighted by atomic mass is 10.1. The third kappa shape index (κ3) is 12.2. The van der Waals surface area contributed by atoms with E-state index >= 15 is 0 Å². The maximum absolute atomic E-state index is 12.5. The summed E-state index contributed by atoms with van der Waals surface area (Å²) in [7, 11) is -18.6. The van der Waals surface area contributed by atoms with Gasteiger partial charge in [-0.1, -0.05) is 0 Å². The van der Waals surface area contributed by atoms with Gasteiger partial charge < -0.3 is 15.2 Å². The molecule has 0 spiro atoms. The molecule has 8 aromatic rings. The van der Waals surface area contributed by atoms with Crippen LogP contribution >= 0.6 is 0 Å². The number of aromatic hydroxyl groups is 1. The van der Waals surface area contributed by atoms with Gasteiger partial charge in [0.25, 0.3) is 40.5 Å². The summed E-state index contributed by atoms with van der Waals surface area (Å²) in [6.07, 6.45) is 0. The first-order valence-electron chi connectivity index (χ1n) is 21.5. The van der Waals surface area contributed by atoms with E-state index in [1.165, 1.54) is 18.2 Å². The molecule has 0 atom stereocenters. The van der Waals surface area contributed by atoms with E-state index in [0.717, 1.165) is 17.8 Å². The Bertz CT molecular complexity index is 4250. The zero-order valence-corrected chi connectivity index (χ0v) is 42.5. The number of ether oxygens (including phenoxy) is 1. The van der Waals surface area contributed by atoms with Gasteiger partial charge in [-0.05, 0) is 176 Å². The predicted molar refractivity (Wildman–Crippen MR) is 275 cm³/mol. The highest BCUT2D eigenvalue weighted by molar-refractivity contribution is 7.87. The van der Waals surface area contributed by atoms with Crippen molar-refractivity contribution in [2.75, 3.05) is 12.4 Å². The molecule has 0 radical (unpaired) electrons. The number of hydrogen-bond acceptors (Lipinski definition) is 19. The van der Waals surface area contributed by atoms with E-state index in [2.05, 4.69) is 46.2 Å². The molecule has 0 aliphatic heterocycles. The Labute approximate surface area is 427 Å². The molecule has 0 aliphatic rings. The van der Waals surface area contributed by atoms with Crippen molar-refractivity contribution >= 4 is 119 Å². The van der Waals surface area contributed by atoms with Crippen LogP contribution in [0.4, 0.5) is 56.9 Å². The number of phenolic OH excluding ortho intramolecular Hbond substituents is 1. The summed E-state index contributed by atoms with van der Waals surface area (Å²) in [5, 5.41) is 47.7. The van der Waals surface area contributed by atoms with Crippen molar-refractivity contribution in [1.82, 2.24) is 0 Å². The minimum atomic E-state index is -5.14. The van der Waals surface area contributed by atoms with Crippen molar-refractivity contribution in [2.24, 2.45) is 40.9 Å². The lowest BCUT2D eigenvalue weighted by Crippen LogP contribution is -2.05. The average molecular weight is 1090 g/mol. The molecule has 6 N–H and O–H groups in total. The third-order valence-corrected chi connectivity index (χ3v) is 14.6. The molecule has 27 heteroatoms. The molecule has 0 saturated heterocycles. The highest BCUT2D eigenvalue weighted by atomic mass is 32.2. The van der Waals surface area contributed by atoms with Gasteiger partial charge in [-0.15, -0.1) is 10.2 Å². The molecule has 0 bridgehead atoms. The van der Waals surface area contributed by atoms with Crippen LogP contribution in [0, 0.1) is 20.8 Å². The molecule has 0 amide bonds. The van der Waals surface area contributed by atoms with Gasteiger partial charge in [-0.3, -0.25) is 18.2 Å². The minimum Gasteiger partial charge on any atom is -0.505 e. The molecule has 75 heavy (non-hydrogen) atoms. The van der Waals surface area contributed by atoms with Gasteiger partial charge in [0, 0.05) is 22.1 Å². The van der Waals surface area contributed by atoms with Crippen molar-refractivity contribution in [1.29, 1.82) is 0 Å². The number of azo groups is 4. The topological polar surface area (TPSA) is 358 Å². The maximum atomic E-state index is 12.5. The molecule has 0 fully saturated rings. The van der Waals surface area contributed by atoms with E-state index in [1.807, 2.05) is 0 Å². The second kappa shape index (κ2) is 20.6. The summed E-state index contributed by atoms with van der Waals surface area (Å²) >= 11 is 0. The van der Waals surface area contributed by atoms with Gasteiger partial charge in [-0.25, -0.2) is 0 Å². The predicted octanol–water partition coefficient (Wildman–Crippen LogP) is 13.0. The number of fused-ring (bicyclic) bond motifs is 2. The molecule has 8 rings (SSSR count). The monoisotopic (exact) mass is 1090 g/mol. The van der Waals surface area contributed by atoms with Gasteiger partial charge in [-0.2, -0.15) is 64.4 Å². The van der Waals surface area contributed by atoms with E-state index in [1.54, 1.807) is 113 Å². The zero-order chi connectivity index (χ0) is 54.2. The molecular weight excluding hydrogens is 1050 g/mol. The first-order valence-corrected chi connectivity index (χ1v) is 27.2. The second-order valence-electron chi connectivity index (χ2n) is 16.4. The average Bonchev–Trinajstić information content (AvgIpc) is 3.34. The van der Waals surface area contributed by atoms with Crippen LogP contribution < -0.4 is 10.1 Å². The Morgan fingerprint density at radius 1 is 0.413 bits per heavy atom. The first-order chi connectivity index (χ1) is 35.2. The van der Waals surface area contributed by atoms with E-state index < -0.39 is 88.0 Å². The van der Waals surface area contributed by atoms with Crippen LogP contribution in [0.3, 0.4) is 0 Å². The summed E-state index contributed by atoms with van der Waals surface area (Å²) in [5.41, 5.74) is 4.37. The van der Waals surface area contributed by atoms with E-state index in [9.17, 15) is 57.0 Å². The smallest absolute Gasteiger partial charge is 0.296 e. The van der Waals surface area contributed by atoms with Crippen molar-refractivity contribution in [3.8, 4) is 11.5 Å². The van der Waals surface area contributed by atoms with Gasteiger partial charge in [0.15, 0.2) is 5.75 Å². The molecule has 0 aromatic heterocycles. The number of anilines is 2. The van der Waals surface area contributed by atoms with Crippen LogP contribution in [0.15, 0.2) is 188 Å². The molecule has 0 saturated carbocycles. The SMILES string of the molecule is COc1ccc(Nc2ccc3c(O)c(N=Nc4ccc(N=Nc5ccc(N=Nc6ccc(N=Nc7cc8c(S(=O)(=O)O)cc(S(=O)(=O)O)cc8cc7S(=O)(=O)O)c(C)c6)c(C)c5)c(C)c4)c(S(=O)(=O)O)cc3c2)cc1. The van der Waals surface area contributed by atoms with Crippen LogP contribution in [0.1, 0.15) is 16.7 Å². The van der Waals surface area contributed by atoms with E-state index in [-0.39, 0.29) is 16.8 Å². The fourth-order valence-electron chi connectivity index (χ4n) is 7.41. The van der Waals surface area contributed by atoms with Gasteiger partial charge in [0.2, 0.25) is 0 Å². The summed E-state index contributed by atoms with van der Waals surface area (Å²) in [6, 6.07) is 30.4. The number of methoxy groups -OCH3 is 1. The molecule has 8 aromatic carbocycles. The zero-order valence-electron chi connectivity index (χ0n) is 39.2. The number of benzene rings is 8. The lowest BCUT2D eigenvalue weighted by molar-refractivity contribution is 0.415. The Morgan fingerprint density at radius 3 is 1.35 bits per heavy atom. The summed E-state index contributed by atoms with van der Waals surface area (Å²) in [6.45, 7) is 5.16. The minimum absolute atomic E-state index is 0.192. The maximum Gasteiger partial charge on any atom is 0.296 e. The molecular formula is C48H39N9O14S4. The van der Waals surface area contributed by atoms with Crippen molar-refractivity contribution < 1.29 is 61.7 Å². The number of phenols is 1. The van der Waals surface area contributed by atoms with Crippen LogP contribution in [0.5, 0.6) is 11.5 Å². The highest BCUT2D eigenvalue weighted by Crippen LogP contribution is 2.43. The number of nitrogens with one attached hydrogen (secondary N) is 1. The lowest BCUT2D eigenvalue weighted by Gasteiger charge is -2.12. The van der Waals surface area contributed by atoms with E-state index in [0.29, 0.717) is 68.4 Å². The fraction of sp³-hybridized carbons (Fsp3) is 0.0833. The molecule has 0 aliphatic carbocycles. The van der Waals surface area contributed by atoms with Crippen LogP contribution in [0.25, 0.3) is 21.5 Å². The first kappa shape index (κ1) is 53.0. The fourth-order valence-corrected chi connectivity index (χ4v) is 10.1. The molecule has 0 heterocycles. The van der Waals surface area contributed by atoms with Crippen molar-refractivity contribution in [3.05, 3.63) is 144 Å². The van der Waals surface area contributed by atoms with E-state index in [4.69, 9.17) is 4.74 Å². The van der Waals surface area contributed by atoms with Gasteiger partial charge >= 0.3 is 0 Å². The largest absolute Gasteiger partial charge is 0.505 e. The molecule has 0 unspecified atom stereocenters. The molecule has 23 nitrogen and oxygen atoms in total.